The van der Waals surface area contributed by atoms with Crippen LogP contribution >= 0.6 is 0 Å². The Bertz CT molecular complexity index is 1110. The van der Waals surface area contributed by atoms with Crippen molar-refractivity contribution < 1.29 is 28.6 Å². The van der Waals surface area contributed by atoms with Crippen molar-refractivity contribution >= 4 is 17.9 Å². The molecule has 0 amide bonds. The fourth-order valence-corrected chi connectivity index (χ4v) is 8.48. The summed E-state index contributed by atoms with van der Waals surface area (Å²) in [4.78, 5) is 38.1. The summed E-state index contributed by atoms with van der Waals surface area (Å²) in [7, 11) is 0. The second-order valence-electron chi connectivity index (χ2n) is 19.6. The molecule has 0 rings (SSSR count). The van der Waals surface area contributed by atoms with Crippen molar-refractivity contribution in [2.24, 2.45) is 0 Å². The average Bonchev–Trinajstić information content (AvgIpc) is 3.31. The van der Waals surface area contributed by atoms with E-state index in [0.29, 0.717) is 19.3 Å². The number of carbonyl (C=O) groups excluding carboxylic acids is 3. The molecule has 6 nitrogen and oxygen atoms in total. The zero-order valence-corrected chi connectivity index (χ0v) is 44.2. The molecule has 1 atom stereocenters. The van der Waals surface area contributed by atoms with Crippen LogP contribution < -0.4 is 0 Å². The van der Waals surface area contributed by atoms with Gasteiger partial charge in [-0.15, -0.1) is 0 Å². The molecule has 0 bridgehead atoms. The first-order valence-corrected chi connectivity index (χ1v) is 29.0. The van der Waals surface area contributed by atoms with Crippen molar-refractivity contribution in [2.75, 3.05) is 13.2 Å². The number of allylic oxidation sites excluding steroid dienone is 6. The molecule has 1 unspecified atom stereocenters. The molecule has 0 aliphatic heterocycles. The largest absolute Gasteiger partial charge is 0.462 e. The Morgan fingerprint density at radius 1 is 0.303 bits per heavy atom. The minimum atomic E-state index is -0.773. The summed E-state index contributed by atoms with van der Waals surface area (Å²) in [6.07, 6.45) is 65.6. The van der Waals surface area contributed by atoms with Gasteiger partial charge in [-0.3, -0.25) is 14.4 Å². The lowest BCUT2D eigenvalue weighted by molar-refractivity contribution is -0.167. The molecule has 0 spiro atoms. The van der Waals surface area contributed by atoms with Gasteiger partial charge in [-0.1, -0.05) is 263 Å². The molecule has 0 aromatic carbocycles. The monoisotopic (exact) mass is 927 g/mol. The van der Waals surface area contributed by atoms with Gasteiger partial charge in [-0.25, -0.2) is 0 Å². The molecule has 0 saturated heterocycles. The highest BCUT2D eigenvalue weighted by Crippen LogP contribution is 2.17. The smallest absolute Gasteiger partial charge is 0.306 e. The Kier molecular flexibility index (Phi) is 53.2. The van der Waals surface area contributed by atoms with Gasteiger partial charge in [0.15, 0.2) is 6.10 Å². The summed E-state index contributed by atoms with van der Waals surface area (Å²) >= 11 is 0. The van der Waals surface area contributed by atoms with Crippen LogP contribution in [0.4, 0.5) is 0 Å². The third-order valence-corrected chi connectivity index (χ3v) is 12.9. The van der Waals surface area contributed by atoms with Gasteiger partial charge < -0.3 is 14.2 Å². The minimum Gasteiger partial charge on any atom is -0.462 e. The van der Waals surface area contributed by atoms with E-state index in [-0.39, 0.29) is 31.1 Å². The van der Waals surface area contributed by atoms with Gasteiger partial charge in [-0.2, -0.15) is 0 Å². The topological polar surface area (TPSA) is 78.9 Å². The van der Waals surface area contributed by atoms with Crippen molar-refractivity contribution in [3.8, 4) is 0 Å². The lowest BCUT2D eigenvalue weighted by Gasteiger charge is -2.18. The van der Waals surface area contributed by atoms with Gasteiger partial charge in [0.2, 0.25) is 0 Å². The van der Waals surface area contributed by atoms with Gasteiger partial charge in [0.1, 0.15) is 13.2 Å². The first-order chi connectivity index (χ1) is 32.5. The first-order valence-electron chi connectivity index (χ1n) is 29.0. The fourth-order valence-electron chi connectivity index (χ4n) is 8.48. The van der Waals surface area contributed by atoms with Crippen LogP contribution in [-0.2, 0) is 28.6 Å². The average molecular weight is 928 g/mol. The first kappa shape index (κ1) is 63.6. The summed E-state index contributed by atoms with van der Waals surface area (Å²) in [6.45, 7) is 6.61. The van der Waals surface area contributed by atoms with E-state index in [1.54, 1.807) is 0 Å². The number of esters is 3. The normalized spacial score (nSPS) is 12.2. The highest BCUT2D eigenvalue weighted by molar-refractivity contribution is 5.71. The lowest BCUT2D eigenvalue weighted by Crippen LogP contribution is -2.30. The molecule has 6 heteroatoms. The standard InChI is InChI=1S/C60H110O6/c1-4-7-10-13-16-19-22-24-26-28-30-32-33-35-38-41-44-47-50-53-59(62)65-56-57(55-64-58(61)52-49-46-43-40-37-21-18-15-12-9-6-3)66-60(63)54-51-48-45-42-39-36-34-31-29-27-25-23-20-17-14-11-8-5-2/h15-16,18-19,22,24,57H,4-14,17,20-21,23,25-56H2,1-3H3/b18-15-,19-16-,24-22-. The maximum Gasteiger partial charge on any atom is 0.306 e. The quantitative estimate of drug-likeness (QED) is 0.0199. The van der Waals surface area contributed by atoms with Gasteiger partial charge in [0.25, 0.3) is 0 Å². The third-order valence-electron chi connectivity index (χ3n) is 12.9. The summed E-state index contributed by atoms with van der Waals surface area (Å²) in [6, 6.07) is 0. The Hall–Kier alpha value is -2.37. The minimum absolute atomic E-state index is 0.0731. The van der Waals surface area contributed by atoms with Gasteiger partial charge in [0.05, 0.1) is 0 Å². The molecular formula is C60H110O6. The summed E-state index contributed by atoms with van der Waals surface area (Å²) in [5, 5.41) is 0. The number of carbonyl (C=O) groups is 3. The highest BCUT2D eigenvalue weighted by atomic mass is 16.6. The molecule has 0 fully saturated rings. The van der Waals surface area contributed by atoms with Crippen molar-refractivity contribution in [3.05, 3.63) is 36.5 Å². The molecule has 0 N–H and O–H groups in total. The maximum absolute atomic E-state index is 12.8. The van der Waals surface area contributed by atoms with Gasteiger partial charge in [0, 0.05) is 19.3 Å². The van der Waals surface area contributed by atoms with E-state index in [1.165, 1.54) is 205 Å². The van der Waals surface area contributed by atoms with Crippen LogP contribution in [0.25, 0.3) is 0 Å². The number of hydrogen-bond acceptors (Lipinski definition) is 6. The second kappa shape index (κ2) is 55.2. The Labute approximate surface area is 410 Å². The second-order valence-corrected chi connectivity index (χ2v) is 19.6. The van der Waals surface area contributed by atoms with Crippen LogP contribution in [0.2, 0.25) is 0 Å². The molecule has 0 aliphatic carbocycles. The number of unbranched alkanes of at least 4 members (excludes halogenated alkanes) is 37. The molecule has 66 heavy (non-hydrogen) atoms. The van der Waals surface area contributed by atoms with E-state index < -0.39 is 6.10 Å². The molecule has 0 aromatic rings. The summed E-state index contributed by atoms with van der Waals surface area (Å²) in [5.74, 6) is -0.869. The van der Waals surface area contributed by atoms with Crippen LogP contribution in [0.3, 0.4) is 0 Å². The predicted octanol–water partition coefficient (Wildman–Crippen LogP) is 19.3. The van der Waals surface area contributed by atoms with Crippen molar-refractivity contribution in [3.63, 3.8) is 0 Å². The van der Waals surface area contributed by atoms with Crippen molar-refractivity contribution in [1.82, 2.24) is 0 Å². The van der Waals surface area contributed by atoms with Crippen molar-refractivity contribution in [1.29, 1.82) is 0 Å². The molecule has 0 aromatic heterocycles. The highest BCUT2D eigenvalue weighted by Gasteiger charge is 2.19. The van der Waals surface area contributed by atoms with Crippen LogP contribution in [0.15, 0.2) is 36.5 Å². The molecule has 0 saturated carbocycles. The van der Waals surface area contributed by atoms with E-state index in [9.17, 15) is 14.4 Å². The Balaban J connectivity index is 4.29. The third kappa shape index (κ3) is 52.6. The van der Waals surface area contributed by atoms with E-state index in [1.807, 2.05) is 0 Å². The van der Waals surface area contributed by atoms with Gasteiger partial charge >= 0.3 is 17.9 Å². The van der Waals surface area contributed by atoms with E-state index >= 15 is 0 Å². The Morgan fingerprint density at radius 2 is 0.561 bits per heavy atom. The van der Waals surface area contributed by atoms with E-state index in [2.05, 4.69) is 57.2 Å². The Morgan fingerprint density at radius 3 is 0.924 bits per heavy atom. The lowest BCUT2D eigenvalue weighted by atomic mass is 10.0. The van der Waals surface area contributed by atoms with Crippen LogP contribution in [0, 0.1) is 0 Å². The van der Waals surface area contributed by atoms with Crippen LogP contribution in [0.5, 0.6) is 0 Å². The summed E-state index contributed by atoms with van der Waals surface area (Å²) in [5.41, 5.74) is 0. The predicted molar refractivity (Wildman–Crippen MR) is 284 cm³/mol. The number of ether oxygens (including phenoxy) is 3. The number of rotatable bonds is 53. The zero-order chi connectivity index (χ0) is 47.9. The zero-order valence-electron chi connectivity index (χ0n) is 44.2. The number of hydrogen-bond donors (Lipinski definition) is 0. The maximum atomic E-state index is 12.8. The van der Waals surface area contributed by atoms with Crippen LogP contribution in [0.1, 0.15) is 310 Å². The molecular weight excluding hydrogens is 817 g/mol. The molecule has 386 valence electrons. The SMILES string of the molecule is CCCC/C=C\CCCCCCCC(=O)OCC(COC(=O)CCCCCCCCCCCC/C=C\C=C/CCCCC)OC(=O)CCCCCCCCCCCCCCCCCCCC. The summed E-state index contributed by atoms with van der Waals surface area (Å²) < 4.78 is 16.9. The molecule has 0 heterocycles. The van der Waals surface area contributed by atoms with E-state index in [4.69, 9.17) is 14.2 Å². The fraction of sp³-hybridized carbons (Fsp3) is 0.850. The molecule has 0 radical (unpaired) electrons. The van der Waals surface area contributed by atoms with E-state index in [0.717, 1.165) is 64.2 Å². The van der Waals surface area contributed by atoms with Crippen molar-refractivity contribution in [2.45, 2.75) is 316 Å². The van der Waals surface area contributed by atoms with Gasteiger partial charge in [-0.05, 0) is 64.2 Å². The molecule has 0 aliphatic rings. The van der Waals surface area contributed by atoms with Crippen LogP contribution in [-0.4, -0.2) is 37.2 Å².